The van der Waals surface area contributed by atoms with E-state index in [1.165, 1.54) is 13.2 Å². The van der Waals surface area contributed by atoms with Crippen molar-refractivity contribution in [3.8, 4) is 11.5 Å². The molecule has 0 atom stereocenters. The predicted octanol–water partition coefficient (Wildman–Crippen LogP) is 1.46. The van der Waals surface area contributed by atoms with Crippen molar-refractivity contribution in [2.24, 2.45) is 0 Å². The standard InChI is InChI=1S/C13H17NO7/c1-18-3-4-20-5-6-21-13-8-11(14(16)17)10(9-15)7-12(13)19-2/h7-9H,3-6H2,1-2H3. The first-order valence-corrected chi connectivity index (χ1v) is 6.15. The average molecular weight is 299 g/mol. The van der Waals surface area contributed by atoms with Crippen LogP contribution in [0.2, 0.25) is 0 Å². The normalized spacial score (nSPS) is 10.2. The van der Waals surface area contributed by atoms with Crippen LogP contribution in [0.4, 0.5) is 5.69 Å². The van der Waals surface area contributed by atoms with Crippen LogP contribution in [0, 0.1) is 10.1 Å². The zero-order valence-electron chi connectivity index (χ0n) is 11.9. The Bertz CT molecular complexity index is 490. The summed E-state index contributed by atoms with van der Waals surface area (Å²) in [5.41, 5.74) is -0.401. The highest BCUT2D eigenvalue weighted by Gasteiger charge is 2.19. The third kappa shape index (κ3) is 5.01. The number of nitrogens with zero attached hydrogens (tertiary/aromatic N) is 1. The Balaban J connectivity index is 2.73. The Labute approximate surface area is 121 Å². The second-order valence-corrected chi connectivity index (χ2v) is 3.89. The van der Waals surface area contributed by atoms with Gasteiger partial charge in [0.15, 0.2) is 17.8 Å². The molecule has 0 fully saturated rings. The lowest BCUT2D eigenvalue weighted by molar-refractivity contribution is -0.385. The van der Waals surface area contributed by atoms with E-state index in [4.69, 9.17) is 18.9 Å². The second kappa shape index (κ2) is 8.88. The molecule has 0 N–H and O–H groups in total. The molecule has 0 bridgehead atoms. The Morgan fingerprint density at radius 2 is 1.86 bits per heavy atom. The molecule has 1 rings (SSSR count). The van der Waals surface area contributed by atoms with Gasteiger partial charge in [-0.3, -0.25) is 14.9 Å². The average Bonchev–Trinajstić information content (AvgIpc) is 2.49. The molecule has 1 aromatic rings. The largest absolute Gasteiger partial charge is 0.493 e. The van der Waals surface area contributed by atoms with Crippen LogP contribution < -0.4 is 9.47 Å². The summed E-state index contributed by atoms with van der Waals surface area (Å²) >= 11 is 0. The van der Waals surface area contributed by atoms with Crippen molar-refractivity contribution in [1.82, 2.24) is 0 Å². The molecule has 8 nitrogen and oxygen atoms in total. The fourth-order valence-electron chi connectivity index (χ4n) is 1.54. The van der Waals surface area contributed by atoms with Crippen LogP contribution in [0.3, 0.4) is 0 Å². The van der Waals surface area contributed by atoms with E-state index in [-0.39, 0.29) is 29.4 Å². The van der Waals surface area contributed by atoms with E-state index in [9.17, 15) is 14.9 Å². The lowest BCUT2D eigenvalue weighted by Gasteiger charge is -2.11. The number of benzene rings is 1. The topological polar surface area (TPSA) is 97.1 Å². The summed E-state index contributed by atoms with van der Waals surface area (Å²) in [6, 6.07) is 2.43. The molecule has 0 saturated carbocycles. The molecule has 0 aliphatic carbocycles. The molecular formula is C13H17NO7. The maximum atomic E-state index is 10.9. The van der Waals surface area contributed by atoms with Crippen LogP contribution in [-0.4, -0.2) is 51.9 Å². The van der Waals surface area contributed by atoms with Gasteiger partial charge in [0.1, 0.15) is 6.61 Å². The van der Waals surface area contributed by atoms with Crippen LogP contribution in [0.25, 0.3) is 0 Å². The van der Waals surface area contributed by atoms with Crippen LogP contribution in [-0.2, 0) is 9.47 Å². The number of aldehydes is 1. The lowest BCUT2D eigenvalue weighted by atomic mass is 10.1. The zero-order chi connectivity index (χ0) is 15.7. The molecule has 0 aliphatic rings. The first kappa shape index (κ1) is 16.9. The van der Waals surface area contributed by atoms with E-state index < -0.39 is 4.92 Å². The highest BCUT2D eigenvalue weighted by Crippen LogP contribution is 2.33. The van der Waals surface area contributed by atoms with Crippen molar-refractivity contribution in [3.63, 3.8) is 0 Å². The number of carbonyl (C=O) groups excluding carboxylic acids is 1. The van der Waals surface area contributed by atoms with Gasteiger partial charge in [-0.15, -0.1) is 0 Å². The summed E-state index contributed by atoms with van der Waals surface area (Å²) in [5, 5.41) is 10.9. The van der Waals surface area contributed by atoms with Crippen molar-refractivity contribution in [2.75, 3.05) is 40.6 Å². The molecule has 0 heterocycles. The quantitative estimate of drug-likeness (QED) is 0.279. The molecule has 0 aliphatic heterocycles. The van der Waals surface area contributed by atoms with E-state index >= 15 is 0 Å². The SMILES string of the molecule is COCCOCCOc1cc([N+](=O)[O-])c(C=O)cc1OC. The third-order valence-electron chi connectivity index (χ3n) is 2.55. The van der Waals surface area contributed by atoms with Gasteiger partial charge in [0.2, 0.25) is 0 Å². The molecule has 1 aromatic carbocycles. The summed E-state index contributed by atoms with van der Waals surface area (Å²) < 4.78 is 20.5. The number of methoxy groups -OCH3 is 2. The van der Waals surface area contributed by atoms with Gasteiger partial charge in [-0.25, -0.2) is 0 Å². The van der Waals surface area contributed by atoms with Gasteiger partial charge < -0.3 is 18.9 Å². The smallest absolute Gasteiger partial charge is 0.283 e. The minimum absolute atomic E-state index is 0.0689. The second-order valence-electron chi connectivity index (χ2n) is 3.89. The minimum atomic E-state index is -0.648. The van der Waals surface area contributed by atoms with E-state index in [0.717, 1.165) is 6.07 Å². The van der Waals surface area contributed by atoms with Crippen LogP contribution in [0.1, 0.15) is 10.4 Å². The predicted molar refractivity (Wildman–Crippen MR) is 73.2 cm³/mol. The Morgan fingerprint density at radius 3 is 2.43 bits per heavy atom. The van der Waals surface area contributed by atoms with Crippen LogP contribution in [0.5, 0.6) is 11.5 Å². The van der Waals surface area contributed by atoms with Crippen molar-refractivity contribution < 1.29 is 28.7 Å². The van der Waals surface area contributed by atoms with Gasteiger partial charge in [0, 0.05) is 13.2 Å². The van der Waals surface area contributed by atoms with Gasteiger partial charge >= 0.3 is 0 Å². The van der Waals surface area contributed by atoms with Crippen LogP contribution >= 0.6 is 0 Å². The zero-order valence-corrected chi connectivity index (χ0v) is 11.9. The van der Waals surface area contributed by atoms with Crippen molar-refractivity contribution in [2.45, 2.75) is 0 Å². The number of hydrogen-bond donors (Lipinski definition) is 0. The van der Waals surface area contributed by atoms with Gasteiger partial charge in [-0.1, -0.05) is 0 Å². The molecule has 8 heteroatoms. The minimum Gasteiger partial charge on any atom is -0.493 e. The maximum absolute atomic E-state index is 10.9. The fraction of sp³-hybridized carbons (Fsp3) is 0.462. The Morgan fingerprint density at radius 1 is 1.14 bits per heavy atom. The van der Waals surface area contributed by atoms with Crippen LogP contribution in [0.15, 0.2) is 12.1 Å². The van der Waals surface area contributed by atoms with Crippen molar-refractivity contribution in [3.05, 3.63) is 27.8 Å². The first-order valence-electron chi connectivity index (χ1n) is 6.15. The van der Waals surface area contributed by atoms with Gasteiger partial charge in [0.25, 0.3) is 5.69 Å². The highest BCUT2D eigenvalue weighted by atomic mass is 16.6. The molecule has 21 heavy (non-hydrogen) atoms. The monoisotopic (exact) mass is 299 g/mol. The molecule has 0 spiro atoms. The van der Waals surface area contributed by atoms with E-state index in [1.54, 1.807) is 7.11 Å². The van der Waals surface area contributed by atoms with E-state index in [1.807, 2.05) is 0 Å². The fourth-order valence-corrected chi connectivity index (χ4v) is 1.54. The maximum Gasteiger partial charge on any atom is 0.283 e. The third-order valence-corrected chi connectivity index (χ3v) is 2.55. The summed E-state index contributed by atoms with van der Waals surface area (Å²) in [6.07, 6.45) is 0.401. The van der Waals surface area contributed by atoms with Gasteiger partial charge in [0.05, 0.1) is 43.5 Å². The van der Waals surface area contributed by atoms with Crippen molar-refractivity contribution in [1.29, 1.82) is 0 Å². The van der Waals surface area contributed by atoms with Gasteiger partial charge in [-0.05, 0) is 0 Å². The molecule has 0 aromatic heterocycles. The summed E-state index contributed by atoms with van der Waals surface area (Å²) in [4.78, 5) is 21.1. The number of nitro benzene ring substituents is 1. The van der Waals surface area contributed by atoms with Crippen molar-refractivity contribution >= 4 is 12.0 Å². The van der Waals surface area contributed by atoms with Gasteiger partial charge in [-0.2, -0.15) is 0 Å². The molecule has 0 amide bonds. The van der Waals surface area contributed by atoms with E-state index in [0.29, 0.717) is 26.1 Å². The number of ether oxygens (including phenoxy) is 4. The summed E-state index contributed by atoms with van der Waals surface area (Å²) in [5.74, 6) is 0.435. The van der Waals surface area contributed by atoms with E-state index in [2.05, 4.69) is 0 Å². The molecular weight excluding hydrogens is 282 g/mol. The highest BCUT2D eigenvalue weighted by molar-refractivity contribution is 5.83. The molecule has 0 unspecified atom stereocenters. The first-order chi connectivity index (χ1) is 10.1. The Hall–Kier alpha value is -2.19. The summed E-state index contributed by atoms with van der Waals surface area (Å²) in [6.45, 7) is 1.40. The number of rotatable bonds is 10. The Kier molecular flexibility index (Phi) is 7.13. The number of nitro groups is 1. The number of carbonyl (C=O) groups is 1. The summed E-state index contributed by atoms with van der Waals surface area (Å²) in [7, 11) is 2.95. The number of hydrogen-bond acceptors (Lipinski definition) is 7. The lowest BCUT2D eigenvalue weighted by Crippen LogP contribution is -2.10. The molecule has 116 valence electrons. The molecule has 0 saturated heterocycles. The molecule has 0 radical (unpaired) electrons.